The molecule has 0 aliphatic carbocycles. The molecule has 1 atom stereocenters. The second-order valence-corrected chi connectivity index (χ2v) is 7.10. The maximum atomic E-state index is 12.4. The van der Waals surface area contributed by atoms with Crippen molar-refractivity contribution in [3.8, 4) is 0 Å². The number of nitrogens with one attached hydrogen (secondary N) is 3. The fraction of sp³-hybridized carbons (Fsp3) is 0.733. The molecule has 5 nitrogen and oxygen atoms in total. The highest BCUT2D eigenvalue weighted by Gasteiger charge is 2.20. The predicted molar refractivity (Wildman–Crippen MR) is 86.7 cm³/mol. The van der Waals surface area contributed by atoms with Gasteiger partial charge in [-0.1, -0.05) is 40.0 Å². The van der Waals surface area contributed by atoms with Gasteiger partial charge >= 0.3 is 0 Å². The molecule has 1 heterocycles. The smallest absolute Gasteiger partial charge is 0.242 e. The van der Waals surface area contributed by atoms with E-state index in [0.29, 0.717) is 11.4 Å². The fourth-order valence-corrected chi connectivity index (χ4v) is 3.61. The molecule has 1 unspecified atom stereocenters. The molecule has 21 heavy (non-hydrogen) atoms. The van der Waals surface area contributed by atoms with Crippen molar-refractivity contribution in [2.45, 2.75) is 70.4 Å². The van der Waals surface area contributed by atoms with E-state index in [1.165, 1.54) is 0 Å². The number of sulfonamides is 1. The van der Waals surface area contributed by atoms with Gasteiger partial charge < -0.3 is 10.3 Å². The summed E-state index contributed by atoms with van der Waals surface area (Å²) in [7, 11) is -3.43. The molecule has 0 bridgehead atoms. The Kier molecular flexibility index (Phi) is 8.00. The van der Waals surface area contributed by atoms with Gasteiger partial charge in [-0.05, 0) is 25.5 Å². The third kappa shape index (κ3) is 6.20. The van der Waals surface area contributed by atoms with Crippen molar-refractivity contribution in [2.24, 2.45) is 0 Å². The first-order chi connectivity index (χ1) is 10.0. The number of rotatable bonds is 11. The Morgan fingerprint density at radius 1 is 1.19 bits per heavy atom. The van der Waals surface area contributed by atoms with Crippen LogP contribution in [-0.4, -0.2) is 26.0 Å². The van der Waals surface area contributed by atoms with Crippen LogP contribution in [-0.2, 0) is 16.6 Å². The van der Waals surface area contributed by atoms with Crippen LogP contribution in [0.25, 0.3) is 0 Å². The summed E-state index contributed by atoms with van der Waals surface area (Å²) >= 11 is 0. The number of H-pyrrole nitrogens is 1. The largest absolute Gasteiger partial charge is 0.363 e. The van der Waals surface area contributed by atoms with Crippen molar-refractivity contribution in [3.63, 3.8) is 0 Å². The molecule has 0 aromatic carbocycles. The normalized spacial score (nSPS) is 13.5. The van der Waals surface area contributed by atoms with E-state index >= 15 is 0 Å². The van der Waals surface area contributed by atoms with Gasteiger partial charge in [0.1, 0.15) is 0 Å². The lowest BCUT2D eigenvalue weighted by Gasteiger charge is -2.17. The maximum absolute atomic E-state index is 12.4. The maximum Gasteiger partial charge on any atom is 0.242 e. The van der Waals surface area contributed by atoms with Crippen LogP contribution >= 0.6 is 0 Å². The van der Waals surface area contributed by atoms with Crippen molar-refractivity contribution in [1.82, 2.24) is 15.0 Å². The van der Waals surface area contributed by atoms with Crippen molar-refractivity contribution in [3.05, 3.63) is 18.0 Å². The molecule has 0 amide bonds. The minimum atomic E-state index is -3.43. The van der Waals surface area contributed by atoms with E-state index in [9.17, 15) is 8.42 Å². The SMILES string of the molecule is CCCCC(CCC)NS(=O)(=O)c1c[nH]c(CNCC)c1. The van der Waals surface area contributed by atoms with Gasteiger partial charge in [0.05, 0.1) is 4.90 Å². The van der Waals surface area contributed by atoms with E-state index in [1.54, 1.807) is 12.3 Å². The molecule has 0 aliphatic heterocycles. The molecule has 1 aromatic heterocycles. The van der Waals surface area contributed by atoms with Crippen LogP contribution in [0.15, 0.2) is 17.2 Å². The molecule has 3 N–H and O–H groups in total. The lowest BCUT2D eigenvalue weighted by atomic mass is 10.1. The van der Waals surface area contributed by atoms with Gasteiger partial charge in [0.15, 0.2) is 0 Å². The van der Waals surface area contributed by atoms with Gasteiger partial charge in [0.25, 0.3) is 0 Å². The first kappa shape index (κ1) is 18.2. The topological polar surface area (TPSA) is 74.0 Å². The Balaban J connectivity index is 2.71. The molecular formula is C15H29N3O2S. The Bertz CT molecular complexity index is 497. The minimum Gasteiger partial charge on any atom is -0.363 e. The molecule has 0 spiro atoms. The molecule has 0 saturated heterocycles. The van der Waals surface area contributed by atoms with Crippen molar-refractivity contribution in [2.75, 3.05) is 6.54 Å². The highest BCUT2D eigenvalue weighted by molar-refractivity contribution is 7.89. The second-order valence-electron chi connectivity index (χ2n) is 5.39. The third-order valence-electron chi connectivity index (χ3n) is 3.46. The predicted octanol–water partition coefficient (Wildman–Crippen LogP) is 2.76. The Morgan fingerprint density at radius 2 is 1.95 bits per heavy atom. The van der Waals surface area contributed by atoms with E-state index in [-0.39, 0.29) is 6.04 Å². The van der Waals surface area contributed by atoms with Gasteiger partial charge in [0, 0.05) is 24.5 Å². The summed E-state index contributed by atoms with van der Waals surface area (Å²) < 4.78 is 27.7. The van der Waals surface area contributed by atoms with Crippen LogP contribution in [0.3, 0.4) is 0 Å². The van der Waals surface area contributed by atoms with Crippen molar-refractivity contribution in [1.29, 1.82) is 0 Å². The van der Waals surface area contributed by atoms with Crippen LogP contribution in [0.5, 0.6) is 0 Å². The van der Waals surface area contributed by atoms with Crippen LogP contribution in [0.4, 0.5) is 0 Å². The van der Waals surface area contributed by atoms with E-state index in [1.807, 2.05) is 6.92 Å². The number of aromatic nitrogens is 1. The Hall–Kier alpha value is -0.850. The molecule has 0 saturated carbocycles. The van der Waals surface area contributed by atoms with Gasteiger partial charge in [-0.25, -0.2) is 13.1 Å². The average molecular weight is 315 g/mol. The lowest BCUT2D eigenvalue weighted by molar-refractivity contribution is 0.483. The molecule has 6 heteroatoms. The summed E-state index contributed by atoms with van der Waals surface area (Å²) in [5.41, 5.74) is 0.887. The van der Waals surface area contributed by atoms with E-state index in [0.717, 1.165) is 44.3 Å². The average Bonchev–Trinajstić information content (AvgIpc) is 2.92. The van der Waals surface area contributed by atoms with E-state index < -0.39 is 10.0 Å². The quantitative estimate of drug-likeness (QED) is 0.588. The fourth-order valence-electron chi connectivity index (χ4n) is 2.28. The molecule has 0 aliphatic rings. The Labute approximate surface area is 129 Å². The first-order valence-electron chi connectivity index (χ1n) is 7.93. The number of hydrogen-bond donors (Lipinski definition) is 3. The molecule has 122 valence electrons. The van der Waals surface area contributed by atoms with Crippen molar-refractivity contribution >= 4 is 10.0 Å². The molecule has 1 rings (SSSR count). The van der Waals surface area contributed by atoms with Crippen LogP contribution in [0.1, 0.15) is 58.6 Å². The van der Waals surface area contributed by atoms with Gasteiger partial charge in [-0.15, -0.1) is 0 Å². The van der Waals surface area contributed by atoms with Gasteiger partial charge in [0.2, 0.25) is 10.0 Å². The first-order valence-corrected chi connectivity index (χ1v) is 9.42. The monoisotopic (exact) mass is 315 g/mol. The summed E-state index contributed by atoms with van der Waals surface area (Å²) in [5, 5.41) is 3.17. The summed E-state index contributed by atoms with van der Waals surface area (Å²) in [6.45, 7) is 7.73. The van der Waals surface area contributed by atoms with Crippen LogP contribution in [0.2, 0.25) is 0 Å². The van der Waals surface area contributed by atoms with E-state index in [2.05, 4.69) is 28.9 Å². The highest BCUT2D eigenvalue weighted by atomic mass is 32.2. The standard InChI is InChI=1S/C15H29N3O2S/c1-4-7-9-13(8-5-2)18-21(19,20)15-10-14(17-12-15)11-16-6-3/h10,12-13,16-18H,4-9,11H2,1-3H3. The van der Waals surface area contributed by atoms with Crippen LogP contribution in [0, 0.1) is 0 Å². The zero-order valence-corrected chi connectivity index (χ0v) is 14.2. The summed E-state index contributed by atoms with van der Waals surface area (Å²) in [5.74, 6) is 0. The third-order valence-corrected chi connectivity index (χ3v) is 4.96. The van der Waals surface area contributed by atoms with E-state index in [4.69, 9.17) is 0 Å². The minimum absolute atomic E-state index is 0.0343. The zero-order valence-electron chi connectivity index (χ0n) is 13.4. The molecule has 1 aromatic rings. The second kappa shape index (κ2) is 9.23. The van der Waals surface area contributed by atoms with Gasteiger partial charge in [-0.2, -0.15) is 0 Å². The van der Waals surface area contributed by atoms with Crippen LogP contribution < -0.4 is 10.0 Å². The zero-order chi connectivity index (χ0) is 15.7. The van der Waals surface area contributed by atoms with Gasteiger partial charge in [-0.3, -0.25) is 0 Å². The number of unbranched alkanes of at least 4 members (excludes halogenated alkanes) is 1. The highest BCUT2D eigenvalue weighted by Crippen LogP contribution is 2.14. The number of aromatic amines is 1. The summed E-state index contributed by atoms with van der Waals surface area (Å²) in [6.07, 6.45) is 6.46. The van der Waals surface area contributed by atoms with Crippen molar-refractivity contribution < 1.29 is 8.42 Å². The molecule has 0 fully saturated rings. The Morgan fingerprint density at radius 3 is 2.57 bits per heavy atom. The lowest BCUT2D eigenvalue weighted by Crippen LogP contribution is -2.34. The molecule has 0 radical (unpaired) electrons. The number of hydrogen-bond acceptors (Lipinski definition) is 3. The summed E-state index contributed by atoms with van der Waals surface area (Å²) in [4.78, 5) is 3.34. The summed E-state index contributed by atoms with van der Waals surface area (Å²) in [6, 6.07) is 1.74. The molecular weight excluding hydrogens is 286 g/mol.